The van der Waals surface area contributed by atoms with Crippen molar-refractivity contribution in [1.82, 2.24) is 9.88 Å². The SMILES string of the molecule is O=C(Cn1c2ccccc2c(=O)c2ccccc21)NCC1(CO)CC1. The van der Waals surface area contributed by atoms with Crippen LogP contribution in [0.15, 0.2) is 53.3 Å². The molecule has 0 aliphatic heterocycles. The van der Waals surface area contributed by atoms with Gasteiger partial charge in [0.25, 0.3) is 0 Å². The van der Waals surface area contributed by atoms with Crippen molar-refractivity contribution >= 4 is 27.7 Å². The number of hydrogen-bond donors (Lipinski definition) is 2. The summed E-state index contributed by atoms with van der Waals surface area (Å²) in [5.41, 5.74) is 1.37. The largest absolute Gasteiger partial charge is 0.396 e. The molecule has 5 heteroatoms. The highest BCUT2D eigenvalue weighted by Gasteiger charge is 2.42. The Morgan fingerprint density at radius 2 is 1.60 bits per heavy atom. The van der Waals surface area contributed by atoms with E-state index in [4.69, 9.17) is 0 Å². The first-order valence-electron chi connectivity index (χ1n) is 8.51. The summed E-state index contributed by atoms with van der Waals surface area (Å²) in [4.78, 5) is 25.2. The summed E-state index contributed by atoms with van der Waals surface area (Å²) in [7, 11) is 0. The number of aliphatic hydroxyl groups is 1. The fourth-order valence-electron chi connectivity index (χ4n) is 3.30. The average molecular weight is 336 g/mol. The number of carbonyl (C=O) groups is 1. The van der Waals surface area contributed by atoms with Crippen LogP contribution in [0.1, 0.15) is 12.8 Å². The molecule has 0 atom stereocenters. The summed E-state index contributed by atoms with van der Waals surface area (Å²) in [6.45, 7) is 0.748. The Morgan fingerprint density at radius 1 is 1.04 bits per heavy atom. The van der Waals surface area contributed by atoms with Gasteiger partial charge in [-0.25, -0.2) is 0 Å². The quantitative estimate of drug-likeness (QED) is 0.701. The zero-order valence-corrected chi connectivity index (χ0v) is 13.9. The van der Waals surface area contributed by atoms with Crippen LogP contribution < -0.4 is 10.7 Å². The standard InChI is InChI=1S/C20H20N2O3/c23-13-20(9-10-20)12-21-18(24)11-22-16-7-3-1-5-14(16)19(25)15-6-2-4-8-17(15)22/h1-8,23H,9-13H2,(H,21,24). The third kappa shape index (κ3) is 2.81. The maximum absolute atomic E-state index is 12.7. The van der Waals surface area contributed by atoms with Gasteiger partial charge in [-0.05, 0) is 37.1 Å². The van der Waals surface area contributed by atoms with Gasteiger partial charge < -0.3 is 15.0 Å². The van der Waals surface area contributed by atoms with Gasteiger partial charge >= 0.3 is 0 Å². The van der Waals surface area contributed by atoms with Gasteiger partial charge in [-0.1, -0.05) is 24.3 Å². The molecular weight excluding hydrogens is 316 g/mol. The minimum absolute atomic E-state index is 0.0138. The zero-order valence-electron chi connectivity index (χ0n) is 13.9. The molecule has 5 nitrogen and oxygen atoms in total. The van der Waals surface area contributed by atoms with E-state index in [0.29, 0.717) is 17.3 Å². The van der Waals surface area contributed by atoms with Crippen molar-refractivity contribution in [1.29, 1.82) is 0 Å². The molecule has 2 aromatic carbocycles. The van der Waals surface area contributed by atoms with Crippen molar-refractivity contribution in [2.75, 3.05) is 13.2 Å². The number of fused-ring (bicyclic) bond motifs is 2. The summed E-state index contributed by atoms with van der Waals surface area (Å²) in [6.07, 6.45) is 1.90. The molecule has 1 aliphatic rings. The summed E-state index contributed by atoms with van der Waals surface area (Å²) in [5.74, 6) is -0.112. The van der Waals surface area contributed by atoms with Crippen LogP contribution in [0.25, 0.3) is 21.8 Å². The van der Waals surface area contributed by atoms with E-state index >= 15 is 0 Å². The van der Waals surface area contributed by atoms with Crippen molar-refractivity contribution in [3.63, 3.8) is 0 Å². The molecule has 4 rings (SSSR count). The Balaban J connectivity index is 1.73. The average Bonchev–Trinajstić information content (AvgIpc) is 3.44. The Hall–Kier alpha value is -2.66. The van der Waals surface area contributed by atoms with E-state index in [0.717, 1.165) is 23.9 Å². The van der Waals surface area contributed by atoms with Gasteiger partial charge in [0.05, 0.1) is 17.6 Å². The summed E-state index contributed by atoms with van der Waals surface area (Å²) < 4.78 is 1.89. The molecule has 1 fully saturated rings. The number of benzene rings is 2. The molecule has 128 valence electrons. The van der Waals surface area contributed by atoms with Gasteiger partial charge in [0.15, 0.2) is 5.43 Å². The van der Waals surface area contributed by atoms with E-state index in [1.54, 1.807) is 12.1 Å². The van der Waals surface area contributed by atoms with Crippen LogP contribution in [0.5, 0.6) is 0 Å². The molecule has 1 heterocycles. The maximum Gasteiger partial charge on any atom is 0.239 e. The van der Waals surface area contributed by atoms with E-state index in [-0.39, 0.29) is 29.9 Å². The molecule has 1 aliphatic carbocycles. The third-order valence-electron chi connectivity index (χ3n) is 5.13. The maximum atomic E-state index is 12.7. The van der Waals surface area contributed by atoms with Gasteiger partial charge in [-0.2, -0.15) is 0 Å². The number of nitrogens with zero attached hydrogens (tertiary/aromatic N) is 1. The minimum atomic E-state index is -0.122. The number of para-hydroxylation sites is 2. The molecule has 0 saturated heterocycles. The third-order valence-corrected chi connectivity index (χ3v) is 5.13. The first-order chi connectivity index (χ1) is 12.1. The predicted octanol–water partition coefficient (Wildman–Crippen LogP) is 2.04. The fraction of sp³-hybridized carbons (Fsp3) is 0.300. The first kappa shape index (κ1) is 15.8. The van der Waals surface area contributed by atoms with Crippen molar-refractivity contribution in [2.24, 2.45) is 5.41 Å². The predicted molar refractivity (Wildman–Crippen MR) is 97.5 cm³/mol. The molecule has 2 N–H and O–H groups in total. The molecular formula is C20H20N2O3. The lowest BCUT2D eigenvalue weighted by atomic mass is 10.1. The number of hydrogen-bond acceptors (Lipinski definition) is 3. The molecule has 0 bridgehead atoms. The van der Waals surface area contributed by atoms with Crippen LogP contribution in [0, 0.1) is 5.41 Å². The Kier molecular flexibility index (Phi) is 3.81. The number of nitrogens with one attached hydrogen (secondary N) is 1. The zero-order chi connectivity index (χ0) is 17.4. The normalized spacial score (nSPS) is 15.4. The van der Waals surface area contributed by atoms with E-state index in [2.05, 4.69) is 5.32 Å². The molecule has 0 spiro atoms. The monoisotopic (exact) mass is 336 g/mol. The smallest absolute Gasteiger partial charge is 0.239 e. The number of aliphatic hydroxyl groups excluding tert-OH is 1. The summed E-state index contributed by atoms with van der Waals surface area (Å²) >= 11 is 0. The number of amides is 1. The van der Waals surface area contributed by atoms with Gasteiger partial charge in [0, 0.05) is 22.7 Å². The van der Waals surface area contributed by atoms with E-state index in [9.17, 15) is 14.7 Å². The van der Waals surface area contributed by atoms with Gasteiger partial charge in [-0.15, -0.1) is 0 Å². The highest BCUT2D eigenvalue weighted by atomic mass is 16.3. The van der Waals surface area contributed by atoms with E-state index in [1.807, 2.05) is 41.0 Å². The van der Waals surface area contributed by atoms with Crippen LogP contribution in [0.4, 0.5) is 0 Å². The van der Waals surface area contributed by atoms with Crippen molar-refractivity contribution in [3.05, 3.63) is 58.8 Å². The number of rotatable bonds is 5. The summed E-state index contributed by atoms with van der Waals surface area (Å²) in [5, 5.41) is 13.5. The van der Waals surface area contributed by atoms with Gasteiger partial charge in [0.1, 0.15) is 6.54 Å². The number of pyridine rings is 1. The van der Waals surface area contributed by atoms with Gasteiger partial charge in [-0.3, -0.25) is 9.59 Å². The molecule has 0 radical (unpaired) electrons. The number of aromatic nitrogens is 1. The minimum Gasteiger partial charge on any atom is -0.396 e. The van der Waals surface area contributed by atoms with Crippen LogP contribution in [0.3, 0.4) is 0 Å². The molecule has 1 aromatic heterocycles. The van der Waals surface area contributed by atoms with E-state index < -0.39 is 0 Å². The molecule has 1 amide bonds. The second-order valence-corrected chi connectivity index (χ2v) is 6.88. The highest BCUT2D eigenvalue weighted by molar-refractivity contribution is 5.94. The van der Waals surface area contributed by atoms with Crippen LogP contribution in [0.2, 0.25) is 0 Å². The fourth-order valence-corrected chi connectivity index (χ4v) is 3.30. The first-order valence-corrected chi connectivity index (χ1v) is 8.51. The van der Waals surface area contributed by atoms with Crippen LogP contribution in [-0.4, -0.2) is 28.7 Å². The lowest BCUT2D eigenvalue weighted by Gasteiger charge is -2.17. The summed E-state index contributed by atoms with van der Waals surface area (Å²) in [6, 6.07) is 14.7. The van der Waals surface area contributed by atoms with Crippen LogP contribution >= 0.6 is 0 Å². The van der Waals surface area contributed by atoms with Crippen molar-refractivity contribution < 1.29 is 9.90 Å². The van der Waals surface area contributed by atoms with Crippen LogP contribution in [-0.2, 0) is 11.3 Å². The Morgan fingerprint density at radius 3 is 2.12 bits per heavy atom. The van der Waals surface area contributed by atoms with E-state index in [1.165, 1.54) is 0 Å². The lowest BCUT2D eigenvalue weighted by Crippen LogP contribution is -2.34. The topological polar surface area (TPSA) is 71.3 Å². The Bertz CT molecular complexity index is 958. The van der Waals surface area contributed by atoms with Gasteiger partial charge in [0.2, 0.25) is 5.91 Å². The molecule has 3 aromatic rings. The second-order valence-electron chi connectivity index (χ2n) is 6.88. The molecule has 25 heavy (non-hydrogen) atoms. The van der Waals surface area contributed by atoms with Crippen molar-refractivity contribution in [2.45, 2.75) is 19.4 Å². The molecule has 0 unspecified atom stereocenters. The number of carbonyl (C=O) groups excluding carboxylic acids is 1. The Labute approximate surface area is 144 Å². The molecule has 1 saturated carbocycles. The lowest BCUT2D eigenvalue weighted by molar-refractivity contribution is -0.121. The van der Waals surface area contributed by atoms with Crippen molar-refractivity contribution in [3.8, 4) is 0 Å². The highest BCUT2D eigenvalue weighted by Crippen LogP contribution is 2.44. The second kappa shape index (κ2) is 6.01.